The fourth-order valence-corrected chi connectivity index (χ4v) is 0.759. The van der Waals surface area contributed by atoms with Gasteiger partial charge in [0.2, 0.25) is 0 Å². The molecule has 0 amide bonds. The van der Waals surface area contributed by atoms with Crippen LogP contribution in [-0.4, -0.2) is 23.1 Å². The van der Waals surface area contributed by atoms with Crippen molar-refractivity contribution in [1.29, 1.82) is 0 Å². The van der Waals surface area contributed by atoms with Gasteiger partial charge in [-0.15, -0.1) is 0 Å². The summed E-state index contributed by atoms with van der Waals surface area (Å²) in [7, 11) is 0. The Morgan fingerprint density at radius 2 is 1.06 bits per heavy atom. The van der Waals surface area contributed by atoms with Crippen LogP contribution >= 0.6 is 0 Å². The van der Waals surface area contributed by atoms with Crippen molar-refractivity contribution in [3.8, 4) is 0 Å². The Bertz CT molecular complexity index is 222. The zero-order chi connectivity index (χ0) is 12.3. The first kappa shape index (κ1) is 17.8. The van der Waals surface area contributed by atoms with E-state index in [1.807, 2.05) is 0 Å². The van der Waals surface area contributed by atoms with E-state index in [0.29, 0.717) is 0 Å². The minimum atomic E-state index is -0.684. The van der Waals surface area contributed by atoms with Gasteiger partial charge >= 0.3 is 18.9 Å². The summed E-state index contributed by atoms with van der Waals surface area (Å²) in [4.78, 5) is 22.4. The second-order valence-corrected chi connectivity index (χ2v) is 5.21. The molecule has 0 N–H and O–H groups in total. The molecule has 0 radical (unpaired) electrons. The van der Waals surface area contributed by atoms with Crippen LogP contribution in [0.25, 0.3) is 0 Å². The van der Waals surface area contributed by atoms with Crippen molar-refractivity contribution in [2.24, 2.45) is 0 Å². The maximum Gasteiger partial charge on any atom is 1.00 e. The molecule has 0 saturated carbocycles. The third-order valence-corrected chi connectivity index (χ3v) is 1.05. The molecule has 0 aliphatic carbocycles. The minimum absolute atomic E-state index is 0. The molecule has 0 atom stereocenters. The topological polar surface area (TPSA) is 52.6 Å². The summed E-state index contributed by atoms with van der Waals surface area (Å²) in [6, 6.07) is 0. The molecule has 0 aliphatic heterocycles. The third kappa shape index (κ3) is 11.5. The number of rotatable bonds is 2. The SMILES string of the molecule is CC(C)(C)OC(=O)[CH-]C(=O)OC(C)(C)C.[Li+]. The number of esters is 2. The molecule has 0 bridgehead atoms. The molecular weight excluding hydrogens is 203 g/mol. The minimum Gasteiger partial charge on any atom is -0.482 e. The first-order valence-electron chi connectivity index (χ1n) is 4.80. The van der Waals surface area contributed by atoms with Crippen molar-refractivity contribution in [3.05, 3.63) is 6.42 Å². The van der Waals surface area contributed by atoms with Crippen LogP contribution in [0.2, 0.25) is 0 Å². The number of hydrogen-bond donors (Lipinski definition) is 0. The molecule has 0 aromatic carbocycles. The second kappa shape index (κ2) is 6.22. The monoisotopic (exact) mass is 222 g/mol. The molecule has 0 aromatic rings. The van der Waals surface area contributed by atoms with E-state index in [4.69, 9.17) is 9.47 Å². The molecule has 88 valence electrons. The molecule has 0 heterocycles. The molecule has 0 fully saturated rings. The van der Waals surface area contributed by atoms with Gasteiger partial charge in [0.05, 0.1) is 0 Å². The maximum absolute atomic E-state index is 11.2. The normalized spacial score (nSPS) is 11.1. The van der Waals surface area contributed by atoms with Gasteiger partial charge in [-0.05, 0) is 41.5 Å². The van der Waals surface area contributed by atoms with Crippen LogP contribution in [0.3, 0.4) is 0 Å². The van der Waals surface area contributed by atoms with Gasteiger partial charge in [0.25, 0.3) is 0 Å². The summed E-state index contributed by atoms with van der Waals surface area (Å²) in [6.07, 6.45) is 0.816. The van der Waals surface area contributed by atoms with Gasteiger partial charge in [-0.1, -0.05) is 0 Å². The predicted octanol–water partition coefficient (Wildman–Crippen LogP) is -1.12. The third-order valence-electron chi connectivity index (χ3n) is 1.05. The van der Waals surface area contributed by atoms with Crippen molar-refractivity contribution in [2.75, 3.05) is 0 Å². The molecule has 0 aromatic heterocycles. The molecule has 5 heteroatoms. The van der Waals surface area contributed by atoms with Crippen LogP contribution in [0.15, 0.2) is 0 Å². The van der Waals surface area contributed by atoms with Crippen LogP contribution in [0.1, 0.15) is 41.5 Å². The van der Waals surface area contributed by atoms with Gasteiger partial charge in [-0.2, -0.15) is 6.42 Å². The number of carbonyl (C=O) groups is 2. The van der Waals surface area contributed by atoms with E-state index in [-0.39, 0.29) is 18.9 Å². The molecule has 0 aliphatic rings. The molecule has 0 spiro atoms. The summed E-state index contributed by atoms with van der Waals surface area (Å²) in [5, 5.41) is 0. The Kier molecular flexibility index (Phi) is 6.91. The quantitative estimate of drug-likeness (QED) is 0.257. The summed E-state index contributed by atoms with van der Waals surface area (Å²) in [5.41, 5.74) is -1.20. The maximum atomic E-state index is 11.2. The summed E-state index contributed by atoms with van der Waals surface area (Å²) >= 11 is 0. The summed E-state index contributed by atoms with van der Waals surface area (Å²) < 4.78 is 9.86. The largest absolute Gasteiger partial charge is 1.00 e. The number of hydrogen-bond acceptors (Lipinski definition) is 4. The van der Waals surface area contributed by atoms with E-state index in [2.05, 4.69) is 0 Å². The van der Waals surface area contributed by atoms with Crippen molar-refractivity contribution in [1.82, 2.24) is 0 Å². The zero-order valence-corrected chi connectivity index (χ0v) is 11.2. The van der Waals surface area contributed by atoms with Crippen molar-refractivity contribution in [3.63, 3.8) is 0 Å². The van der Waals surface area contributed by atoms with E-state index in [9.17, 15) is 9.59 Å². The predicted molar refractivity (Wildman–Crippen MR) is 56.0 cm³/mol. The van der Waals surface area contributed by atoms with Gasteiger partial charge in [-0.25, -0.2) is 0 Å². The Morgan fingerprint density at radius 1 is 0.812 bits per heavy atom. The summed E-state index contributed by atoms with van der Waals surface area (Å²) in [5.74, 6) is -1.37. The van der Waals surface area contributed by atoms with Gasteiger partial charge < -0.3 is 9.47 Å². The van der Waals surface area contributed by atoms with E-state index in [1.54, 1.807) is 41.5 Å². The van der Waals surface area contributed by atoms with E-state index in [0.717, 1.165) is 6.42 Å². The van der Waals surface area contributed by atoms with Crippen molar-refractivity contribution >= 4 is 11.9 Å². The smallest absolute Gasteiger partial charge is 0.482 e. The van der Waals surface area contributed by atoms with E-state index >= 15 is 0 Å². The van der Waals surface area contributed by atoms with Crippen LogP contribution in [0.4, 0.5) is 0 Å². The van der Waals surface area contributed by atoms with Gasteiger partial charge in [0, 0.05) is 0 Å². The van der Waals surface area contributed by atoms with E-state index in [1.165, 1.54) is 0 Å². The summed E-state index contributed by atoms with van der Waals surface area (Å²) in [6.45, 7) is 10.4. The molecule has 4 nitrogen and oxygen atoms in total. The first-order valence-corrected chi connectivity index (χ1v) is 4.80. The number of carbonyl (C=O) groups excluding carboxylic acids is 2. The van der Waals surface area contributed by atoms with Crippen molar-refractivity contribution in [2.45, 2.75) is 52.7 Å². The van der Waals surface area contributed by atoms with Crippen LogP contribution in [0, 0.1) is 6.42 Å². The van der Waals surface area contributed by atoms with Gasteiger partial charge in [0.1, 0.15) is 11.2 Å². The average Bonchev–Trinajstić information content (AvgIpc) is 1.73. The molecular formula is C11H19LiO4. The fourth-order valence-electron chi connectivity index (χ4n) is 0.759. The van der Waals surface area contributed by atoms with Crippen LogP contribution < -0.4 is 18.9 Å². The molecule has 16 heavy (non-hydrogen) atoms. The van der Waals surface area contributed by atoms with Crippen LogP contribution in [0.5, 0.6) is 0 Å². The van der Waals surface area contributed by atoms with E-state index < -0.39 is 23.1 Å². The average molecular weight is 222 g/mol. The van der Waals surface area contributed by atoms with Crippen LogP contribution in [-0.2, 0) is 19.1 Å². The Labute approximate surface area is 109 Å². The van der Waals surface area contributed by atoms with Gasteiger partial charge in [-0.3, -0.25) is 9.59 Å². The second-order valence-electron chi connectivity index (χ2n) is 5.21. The van der Waals surface area contributed by atoms with Crippen molar-refractivity contribution < 1.29 is 37.9 Å². The number of ether oxygens (including phenoxy) is 2. The fraction of sp³-hybridized carbons (Fsp3) is 0.727. The molecule has 0 saturated heterocycles. The zero-order valence-electron chi connectivity index (χ0n) is 11.2. The standard InChI is InChI=1S/C11H19O4.Li/c1-10(2,3)14-8(12)7-9(13)15-11(4,5)6;/h7H,1-6H3;/q-1;+1. The Morgan fingerprint density at radius 3 is 1.25 bits per heavy atom. The molecule has 0 rings (SSSR count). The first-order chi connectivity index (χ1) is 6.49. The van der Waals surface area contributed by atoms with Gasteiger partial charge in [0.15, 0.2) is 11.9 Å². The Balaban J connectivity index is 0. The molecule has 0 unspecified atom stereocenters. The Hall–Kier alpha value is -0.593.